The Balaban J connectivity index is 1.74. The van der Waals surface area contributed by atoms with E-state index in [-0.39, 0.29) is 0 Å². The monoisotopic (exact) mass is 247 g/mol. The van der Waals surface area contributed by atoms with Crippen LogP contribution in [0.15, 0.2) is 24.3 Å². The first-order valence-electron chi connectivity index (χ1n) is 7.06. The summed E-state index contributed by atoms with van der Waals surface area (Å²) >= 11 is 0. The van der Waals surface area contributed by atoms with Gasteiger partial charge < -0.3 is 10.1 Å². The highest BCUT2D eigenvalue weighted by Gasteiger charge is 2.29. The Morgan fingerprint density at radius 2 is 2.11 bits per heavy atom. The predicted molar refractivity (Wildman–Crippen MR) is 76.2 cm³/mol. The number of hydrogen-bond acceptors (Lipinski definition) is 2. The summed E-state index contributed by atoms with van der Waals surface area (Å²) in [6.07, 6.45) is 3.82. The van der Waals surface area contributed by atoms with E-state index in [0.717, 1.165) is 30.2 Å². The van der Waals surface area contributed by atoms with Crippen LogP contribution in [0.25, 0.3) is 0 Å². The van der Waals surface area contributed by atoms with E-state index in [1.165, 1.54) is 24.8 Å². The minimum absolute atomic E-state index is 0.719. The fraction of sp³-hybridized carbons (Fsp3) is 0.625. The predicted octanol–water partition coefficient (Wildman–Crippen LogP) is 3.58. The van der Waals surface area contributed by atoms with Gasteiger partial charge in [-0.25, -0.2) is 0 Å². The molecule has 0 heterocycles. The molecule has 1 aromatic rings. The number of benzene rings is 1. The molecular weight excluding hydrogens is 222 g/mol. The van der Waals surface area contributed by atoms with Crippen molar-refractivity contribution in [2.75, 3.05) is 13.7 Å². The highest BCUT2D eigenvalue weighted by Crippen LogP contribution is 2.37. The molecule has 0 atom stereocenters. The van der Waals surface area contributed by atoms with Gasteiger partial charge >= 0.3 is 0 Å². The lowest BCUT2D eigenvalue weighted by Crippen LogP contribution is -2.40. The molecule has 2 rings (SSSR count). The highest BCUT2D eigenvalue weighted by atomic mass is 16.5. The second-order valence-electron chi connectivity index (χ2n) is 5.78. The lowest BCUT2D eigenvalue weighted by Gasteiger charge is -2.36. The molecule has 100 valence electrons. The second-order valence-corrected chi connectivity index (χ2v) is 5.78. The average molecular weight is 247 g/mol. The Morgan fingerprint density at radius 3 is 2.78 bits per heavy atom. The van der Waals surface area contributed by atoms with Gasteiger partial charge in [0.25, 0.3) is 0 Å². The van der Waals surface area contributed by atoms with E-state index in [2.05, 4.69) is 37.4 Å². The van der Waals surface area contributed by atoms with Crippen molar-refractivity contribution < 1.29 is 4.74 Å². The lowest BCUT2D eigenvalue weighted by atomic mass is 9.76. The zero-order valence-electron chi connectivity index (χ0n) is 11.8. The van der Waals surface area contributed by atoms with Gasteiger partial charge in [-0.2, -0.15) is 0 Å². The molecule has 1 aliphatic carbocycles. The van der Waals surface area contributed by atoms with E-state index in [4.69, 9.17) is 4.74 Å². The van der Waals surface area contributed by atoms with Crippen LogP contribution in [0.5, 0.6) is 5.75 Å². The van der Waals surface area contributed by atoms with E-state index < -0.39 is 0 Å². The van der Waals surface area contributed by atoms with Crippen molar-refractivity contribution in [2.24, 2.45) is 5.92 Å². The van der Waals surface area contributed by atoms with Crippen LogP contribution in [0, 0.1) is 5.92 Å². The smallest absolute Gasteiger partial charge is 0.119 e. The van der Waals surface area contributed by atoms with Gasteiger partial charge in [0.15, 0.2) is 0 Å². The van der Waals surface area contributed by atoms with Crippen LogP contribution >= 0.6 is 0 Å². The van der Waals surface area contributed by atoms with Gasteiger partial charge in [0.05, 0.1) is 7.11 Å². The number of ether oxygens (including phenoxy) is 1. The van der Waals surface area contributed by atoms with E-state index in [0.29, 0.717) is 0 Å². The minimum Gasteiger partial charge on any atom is -0.497 e. The number of hydrogen-bond donors (Lipinski definition) is 1. The molecule has 1 saturated carbocycles. The molecule has 1 aliphatic rings. The zero-order valence-corrected chi connectivity index (χ0v) is 11.8. The molecule has 18 heavy (non-hydrogen) atoms. The third-order valence-corrected chi connectivity index (χ3v) is 3.86. The summed E-state index contributed by atoms with van der Waals surface area (Å²) in [5.74, 6) is 2.49. The van der Waals surface area contributed by atoms with Crippen LogP contribution in [0.3, 0.4) is 0 Å². The van der Waals surface area contributed by atoms with Crippen molar-refractivity contribution in [3.05, 3.63) is 29.8 Å². The first-order valence-corrected chi connectivity index (χ1v) is 7.06. The molecule has 0 aliphatic heterocycles. The summed E-state index contributed by atoms with van der Waals surface area (Å²) in [6, 6.07) is 9.22. The molecule has 0 spiro atoms. The summed E-state index contributed by atoms with van der Waals surface area (Å²) < 4.78 is 5.28. The number of nitrogens with one attached hydrogen (secondary N) is 1. The molecule has 2 heteroatoms. The maximum absolute atomic E-state index is 5.28. The van der Waals surface area contributed by atoms with Gasteiger partial charge in [0.1, 0.15) is 5.75 Å². The standard InChI is InChI=1S/C16H25NO/c1-12(2)7-8-17-15-9-14(10-15)13-5-4-6-16(11-13)18-3/h4-6,11-12,14-15,17H,7-10H2,1-3H3. The van der Waals surface area contributed by atoms with Crippen LogP contribution in [0.4, 0.5) is 0 Å². The Bertz CT molecular complexity index is 369. The highest BCUT2D eigenvalue weighted by molar-refractivity contribution is 5.32. The summed E-state index contributed by atoms with van der Waals surface area (Å²) in [7, 11) is 1.73. The summed E-state index contributed by atoms with van der Waals surface area (Å²) in [6.45, 7) is 5.72. The molecule has 0 radical (unpaired) electrons. The molecular formula is C16H25NO. The normalized spacial score (nSPS) is 22.9. The van der Waals surface area contributed by atoms with Crippen LogP contribution in [-0.4, -0.2) is 19.7 Å². The van der Waals surface area contributed by atoms with Crippen LogP contribution < -0.4 is 10.1 Å². The van der Waals surface area contributed by atoms with Crippen LogP contribution in [-0.2, 0) is 0 Å². The third-order valence-electron chi connectivity index (χ3n) is 3.86. The fourth-order valence-electron chi connectivity index (χ4n) is 2.53. The van der Waals surface area contributed by atoms with Crippen molar-refractivity contribution in [3.63, 3.8) is 0 Å². The lowest BCUT2D eigenvalue weighted by molar-refractivity contribution is 0.285. The second kappa shape index (κ2) is 6.24. The molecule has 1 aromatic carbocycles. The van der Waals surface area contributed by atoms with E-state index >= 15 is 0 Å². The van der Waals surface area contributed by atoms with Crippen molar-refractivity contribution in [1.29, 1.82) is 0 Å². The van der Waals surface area contributed by atoms with Crippen LogP contribution in [0.1, 0.15) is 44.6 Å². The Kier molecular flexibility index (Phi) is 4.65. The van der Waals surface area contributed by atoms with Gasteiger partial charge in [-0.05, 0) is 55.3 Å². The fourth-order valence-corrected chi connectivity index (χ4v) is 2.53. The third kappa shape index (κ3) is 3.49. The largest absolute Gasteiger partial charge is 0.497 e. The van der Waals surface area contributed by atoms with E-state index in [1.54, 1.807) is 7.11 Å². The van der Waals surface area contributed by atoms with Crippen molar-refractivity contribution in [1.82, 2.24) is 5.32 Å². The summed E-state index contributed by atoms with van der Waals surface area (Å²) in [4.78, 5) is 0. The SMILES string of the molecule is COc1cccc(C2CC(NCCC(C)C)C2)c1. The van der Waals surface area contributed by atoms with E-state index in [1.807, 2.05) is 6.07 Å². The molecule has 1 fully saturated rings. The van der Waals surface area contributed by atoms with Crippen LogP contribution in [0.2, 0.25) is 0 Å². The van der Waals surface area contributed by atoms with Gasteiger partial charge in [0, 0.05) is 6.04 Å². The Labute approximate surface area is 111 Å². The first kappa shape index (κ1) is 13.4. The maximum atomic E-state index is 5.28. The van der Waals surface area contributed by atoms with Gasteiger partial charge in [-0.1, -0.05) is 26.0 Å². The van der Waals surface area contributed by atoms with Gasteiger partial charge in [-0.15, -0.1) is 0 Å². The molecule has 0 amide bonds. The molecule has 2 nitrogen and oxygen atoms in total. The molecule has 0 bridgehead atoms. The molecule has 0 saturated heterocycles. The summed E-state index contributed by atoms with van der Waals surface area (Å²) in [5, 5.41) is 3.65. The molecule has 0 aromatic heterocycles. The zero-order chi connectivity index (χ0) is 13.0. The average Bonchev–Trinajstić information content (AvgIpc) is 2.31. The Morgan fingerprint density at radius 1 is 1.33 bits per heavy atom. The van der Waals surface area contributed by atoms with Crippen molar-refractivity contribution >= 4 is 0 Å². The summed E-state index contributed by atoms with van der Waals surface area (Å²) in [5.41, 5.74) is 1.43. The van der Waals surface area contributed by atoms with Gasteiger partial charge in [-0.3, -0.25) is 0 Å². The number of rotatable bonds is 6. The topological polar surface area (TPSA) is 21.3 Å². The van der Waals surface area contributed by atoms with Gasteiger partial charge in [0.2, 0.25) is 0 Å². The maximum Gasteiger partial charge on any atom is 0.119 e. The number of methoxy groups -OCH3 is 1. The van der Waals surface area contributed by atoms with E-state index in [9.17, 15) is 0 Å². The Hall–Kier alpha value is -1.02. The van der Waals surface area contributed by atoms with Crippen molar-refractivity contribution in [3.8, 4) is 5.75 Å². The molecule has 0 unspecified atom stereocenters. The molecule has 1 N–H and O–H groups in total. The minimum atomic E-state index is 0.719. The quantitative estimate of drug-likeness (QED) is 0.829. The first-order chi connectivity index (χ1) is 8.69. The van der Waals surface area contributed by atoms with Crippen molar-refractivity contribution in [2.45, 2.75) is 45.1 Å².